The van der Waals surface area contributed by atoms with E-state index in [-0.39, 0.29) is 0 Å². The largest absolute Gasteiger partial charge is 0.361 e. The van der Waals surface area contributed by atoms with E-state index in [0.29, 0.717) is 6.04 Å². The maximum absolute atomic E-state index is 3.42. The number of hydrogen-bond donors (Lipinski definition) is 1. The maximum Gasteiger partial charge on any atom is 0.0489 e. The van der Waals surface area contributed by atoms with Gasteiger partial charge < -0.3 is 4.98 Å². The zero-order valence-corrected chi connectivity index (χ0v) is 12.1. The third kappa shape index (κ3) is 2.30. The summed E-state index contributed by atoms with van der Waals surface area (Å²) in [5.41, 5.74) is 4.48. The fraction of sp³-hybridized carbons (Fsp3) is 0.529. The van der Waals surface area contributed by atoms with Gasteiger partial charge in [0.05, 0.1) is 0 Å². The van der Waals surface area contributed by atoms with Crippen LogP contribution in [0, 0.1) is 0 Å². The van der Waals surface area contributed by atoms with Crippen molar-refractivity contribution >= 4 is 10.9 Å². The van der Waals surface area contributed by atoms with Crippen molar-refractivity contribution in [3.63, 3.8) is 0 Å². The van der Waals surface area contributed by atoms with Crippen molar-refractivity contribution in [2.24, 2.45) is 0 Å². The van der Waals surface area contributed by atoms with E-state index in [2.05, 4.69) is 48.1 Å². The number of H-pyrrole nitrogens is 1. The molecule has 2 nitrogen and oxygen atoms in total. The molecule has 0 amide bonds. The fourth-order valence-electron chi connectivity index (χ4n) is 3.53. The zero-order valence-electron chi connectivity index (χ0n) is 12.1. The first kappa shape index (κ1) is 12.7. The molecule has 1 aromatic carbocycles. The van der Waals surface area contributed by atoms with Crippen LogP contribution in [0.15, 0.2) is 24.4 Å². The monoisotopic (exact) mass is 256 g/mol. The van der Waals surface area contributed by atoms with Crippen molar-refractivity contribution in [3.8, 4) is 0 Å². The first-order valence-electron chi connectivity index (χ1n) is 7.65. The lowest BCUT2D eigenvalue weighted by atomic mass is 10.1. The number of nitrogens with zero attached hydrogens (tertiary/aromatic N) is 1. The number of nitrogens with one attached hydrogen (secondary N) is 1. The molecule has 0 spiro atoms. The summed E-state index contributed by atoms with van der Waals surface area (Å²) in [5.74, 6) is 0. The molecule has 3 rings (SSSR count). The molecule has 2 aromatic rings. The Morgan fingerprint density at radius 3 is 2.63 bits per heavy atom. The van der Waals surface area contributed by atoms with Crippen molar-refractivity contribution in [3.05, 3.63) is 35.5 Å². The first-order valence-corrected chi connectivity index (χ1v) is 7.65. The number of aromatic amines is 1. The summed E-state index contributed by atoms with van der Waals surface area (Å²) in [5, 5.41) is 1.36. The van der Waals surface area contributed by atoms with Gasteiger partial charge in [0.1, 0.15) is 0 Å². The highest BCUT2D eigenvalue weighted by atomic mass is 15.1. The van der Waals surface area contributed by atoms with Crippen LogP contribution in [-0.2, 0) is 12.8 Å². The molecule has 102 valence electrons. The van der Waals surface area contributed by atoms with Crippen LogP contribution in [0.25, 0.3) is 10.9 Å². The van der Waals surface area contributed by atoms with Crippen LogP contribution in [0.2, 0.25) is 0 Å². The molecule has 1 heterocycles. The molecule has 1 aromatic heterocycles. The predicted molar refractivity (Wildman–Crippen MR) is 81.6 cm³/mol. The van der Waals surface area contributed by atoms with E-state index in [9.17, 15) is 0 Å². The number of benzene rings is 1. The predicted octanol–water partition coefficient (Wildman–Crippen LogP) is 3.76. The Bertz CT molecular complexity index is 549. The molecule has 1 unspecified atom stereocenters. The van der Waals surface area contributed by atoms with Crippen LogP contribution < -0.4 is 0 Å². The summed E-state index contributed by atoms with van der Waals surface area (Å²) in [6, 6.07) is 7.49. The van der Waals surface area contributed by atoms with Gasteiger partial charge in [0.25, 0.3) is 0 Å². The minimum atomic E-state index is 0.712. The van der Waals surface area contributed by atoms with E-state index in [1.54, 1.807) is 11.1 Å². The third-order valence-corrected chi connectivity index (χ3v) is 4.37. The van der Waals surface area contributed by atoms with Crippen molar-refractivity contribution in [1.82, 2.24) is 9.88 Å². The van der Waals surface area contributed by atoms with Crippen LogP contribution in [0.1, 0.15) is 37.8 Å². The fourth-order valence-corrected chi connectivity index (χ4v) is 3.53. The third-order valence-electron chi connectivity index (χ3n) is 4.37. The normalized spacial score (nSPS) is 18.4. The lowest BCUT2D eigenvalue weighted by Crippen LogP contribution is -2.37. The van der Waals surface area contributed by atoms with Crippen molar-refractivity contribution in [1.29, 1.82) is 0 Å². The van der Waals surface area contributed by atoms with E-state index < -0.39 is 0 Å². The number of hydrogen-bond acceptors (Lipinski definition) is 1. The van der Waals surface area contributed by atoms with Gasteiger partial charge >= 0.3 is 0 Å². The summed E-state index contributed by atoms with van der Waals surface area (Å²) < 4.78 is 0. The van der Waals surface area contributed by atoms with Gasteiger partial charge in [-0.15, -0.1) is 0 Å². The Hall–Kier alpha value is -1.28. The van der Waals surface area contributed by atoms with Gasteiger partial charge in [-0.2, -0.15) is 0 Å². The van der Waals surface area contributed by atoms with E-state index in [1.165, 1.54) is 49.7 Å². The highest BCUT2D eigenvalue weighted by molar-refractivity contribution is 5.84. The summed E-state index contributed by atoms with van der Waals surface area (Å²) in [7, 11) is 0. The molecule has 1 atom stereocenters. The molecule has 0 saturated carbocycles. The standard InChI is InChI=1S/C17H24N2/c1-3-9-19(10-4-2)15-11-14-6-5-13-7-8-18-17(13)16(14)12-15/h5-8,15,18H,3-4,9-12H2,1-2H3. The van der Waals surface area contributed by atoms with Crippen LogP contribution in [0.5, 0.6) is 0 Å². The lowest BCUT2D eigenvalue weighted by molar-refractivity contribution is 0.202. The highest BCUT2D eigenvalue weighted by Crippen LogP contribution is 2.31. The first-order chi connectivity index (χ1) is 9.33. The van der Waals surface area contributed by atoms with Gasteiger partial charge in [0.2, 0.25) is 0 Å². The van der Waals surface area contributed by atoms with E-state index in [1.807, 2.05) is 0 Å². The van der Waals surface area contributed by atoms with Gasteiger partial charge in [-0.05, 0) is 61.4 Å². The van der Waals surface area contributed by atoms with Gasteiger partial charge in [0, 0.05) is 17.8 Å². The quantitative estimate of drug-likeness (QED) is 0.863. The van der Waals surface area contributed by atoms with Crippen LogP contribution >= 0.6 is 0 Å². The average Bonchev–Trinajstić information content (AvgIpc) is 3.03. The molecule has 0 saturated heterocycles. The number of rotatable bonds is 5. The van der Waals surface area contributed by atoms with Gasteiger partial charge in [0.15, 0.2) is 0 Å². The Kier molecular flexibility index (Phi) is 3.61. The van der Waals surface area contributed by atoms with Gasteiger partial charge in [-0.3, -0.25) is 4.90 Å². The summed E-state index contributed by atoms with van der Waals surface area (Å²) in [6.45, 7) is 7.04. The molecule has 1 N–H and O–H groups in total. The van der Waals surface area contributed by atoms with E-state index in [0.717, 1.165) is 0 Å². The number of aromatic nitrogens is 1. The molecule has 2 heteroatoms. The molecule has 0 fully saturated rings. The Balaban J connectivity index is 1.86. The summed E-state index contributed by atoms with van der Waals surface area (Å²) >= 11 is 0. The average molecular weight is 256 g/mol. The van der Waals surface area contributed by atoms with Crippen LogP contribution in [0.4, 0.5) is 0 Å². The lowest BCUT2D eigenvalue weighted by Gasteiger charge is -2.27. The smallest absolute Gasteiger partial charge is 0.0489 e. The summed E-state index contributed by atoms with van der Waals surface area (Å²) in [4.78, 5) is 6.11. The second kappa shape index (κ2) is 5.38. The zero-order chi connectivity index (χ0) is 13.2. The molecular weight excluding hydrogens is 232 g/mol. The number of fused-ring (bicyclic) bond motifs is 3. The van der Waals surface area contributed by atoms with E-state index >= 15 is 0 Å². The van der Waals surface area contributed by atoms with Crippen molar-refractivity contribution < 1.29 is 0 Å². The second-order valence-electron chi connectivity index (χ2n) is 5.74. The maximum atomic E-state index is 3.42. The highest BCUT2D eigenvalue weighted by Gasteiger charge is 2.27. The SMILES string of the molecule is CCCN(CCC)C1Cc2ccc3cc[nH]c3c2C1. The minimum Gasteiger partial charge on any atom is -0.361 e. The van der Waals surface area contributed by atoms with Gasteiger partial charge in [-0.1, -0.05) is 26.0 Å². The summed E-state index contributed by atoms with van der Waals surface area (Å²) in [6.07, 6.45) is 7.02. The van der Waals surface area contributed by atoms with E-state index in [4.69, 9.17) is 0 Å². The second-order valence-corrected chi connectivity index (χ2v) is 5.74. The minimum absolute atomic E-state index is 0.712. The molecular formula is C17H24N2. The van der Waals surface area contributed by atoms with Crippen LogP contribution in [0.3, 0.4) is 0 Å². The molecule has 0 bridgehead atoms. The topological polar surface area (TPSA) is 19.0 Å². The molecule has 1 aliphatic rings. The van der Waals surface area contributed by atoms with Gasteiger partial charge in [-0.25, -0.2) is 0 Å². The van der Waals surface area contributed by atoms with Crippen LogP contribution in [-0.4, -0.2) is 29.0 Å². The Labute approximate surface area is 115 Å². The van der Waals surface area contributed by atoms with Crippen molar-refractivity contribution in [2.45, 2.75) is 45.6 Å². The molecule has 0 radical (unpaired) electrons. The Morgan fingerprint density at radius 1 is 1.11 bits per heavy atom. The van der Waals surface area contributed by atoms with Crippen molar-refractivity contribution in [2.75, 3.05) is 13.1 Å². The Morgan fingerprint density at radius 2 is 1.89 bits per heavy atom. The molecule has 1 aliphatic carbocycles. The molecule has 19 heavy (non-hydrogen) atoms. The molecule has 0 aliphatic heterocycles.